The molecule has 1 unspecified atom stereocenters. The molecule has 9 heteroatoms. The summed E-state index contributed by atoms with van der Waals surface area (Å²) in [4.78, 5) is 16.6. The summed E-state index contributed by atoms with van der Waals surface area (Å²) in [5, 5.41) is 9.31. The number of nitrogens with zero attached hydrogens (tertiary/aromatic N) is 6. The molecule has 0 saturated carbocycles. The van der Waals surface area contributed by atoms with E-state index in [9.17, 15) is 9.18 Å². The third-order valence-electron chi connectivity index (χ3n) is 6.09. The number of piperazine rings is 1. The summed E-state index contributed by atoms with van der Waals surface area (Å²) in [5.74, 6) is -0.168. The first kappa shape index (κ1) is 21.5. The van der Waals surface area contributed by atoms with Crippen LogP contribution in [0.4, 0.5) is 10.1 Å². The van der Waals surface area contributed by atoms with Gasteiger partial charge in [0.25, 0.3) is 0 Å². The molecule has 7 nitrogen and oxygen atoms in total. The van der Waals surface area contributed by atoms with Gasteiger partial charge in [-0.2, -0.15) is 10.2 Å². The van der Waals surface area contributed by atoms with Crippen LogP contribution in [0.15, 0.2) is 61.2 Å². The number of halogens is 2. The fourth-order valence-corrected chi connectivity index (χ4v) is 4.35. The largest absolute Gasteiger partial charge is 0.365 e. The Labute approximate surface area is 196 Å². The lowest BCUT2D eigenvalue weighted by Gasteiger charge is -2.35. The minimum atomic E-state index is -1.33. The zero-order valence-electron chi connectivity index (χ0n) is 18.2. The van der Waals surface area contributed by atoms with E-state index in [1.807, 2.05) is 36.4 Å². The summed E-state index contributed by atoms with van der Waals surface area (Å²) < 4.78 is 18.2. The van der Waals surface area contributed by atoms with Gasteiger partial charge in [0.15, 0.2) is 0 Å². The Morgan fingerprint density at radius 1 is 1.00 bits per heavy atom. The molecular weight excluding hydrogens is 443 g/mol. The molecule has 0 spiro atoms. The van der Waals surface area contributed by atoms with Gasteiger partial charge in [-0.1, -0.05) is 29.8 Å². The second-order valence-electron chi connectivity index (χ2n) is 8.27. The third-order valence-corrected chi connectivity index (χ3v) is 6.34. The number of amides is 1. The minimum absolute atomic E-state index is 0.157. The first-order valence-corrected chi connectivity index (χ1v) is 11.2. The van der Waals surface area contributed by atoms with Gasteiger partial charge < -0.3 is 9.80 Å². The highest BCUT2D eigenvalue weighted by molar-refractivity contribution is 6.30. The van der Waals surface area contributed by atoms with E-state index >= 15 is 0 Å². The number of anilines is 1. The van der Waals surface area contributed by atoms with E-state index in [0.717, 1.165) is 22.3 Å². The van der Waals surface area contributed by atoms with Crippen molar-refractivity contribution in [3.63, 3.8) is 0 Å². The summed E-state index contributed by atoms with van der Waals surface area (Å²) in [6.07, 6.45) is 6.16. The smallest absolute Gasteiger partial charge is 0.225 e. The Morgan fingerprint density at radius 2 is 1.76 bits per heavy atom. The molecule has 3 aromatic heterocycles. The number of pyridine rings is 1. The Bertz CT molecular complexity index is 1280. The van der Waals surface area contributed by atoms with Crippen molar-refractivity contribution in [3.8, 4) is 11.1 Å². The number of hydrogen-bond acceptors (Lipinski definition) is 4. The van der Waals surface area contributed by atoms with Gasteiger partial charge in [-0.15, -0.1) is 0 Å². The standard InChI is InChI=1S/C24H24ClFN6O/c1-29-15-19(13-27-29)18-4-7-22-23(14-28-32(22)16-18)30-8-10-31(11-9-30)24(33)12-21(26)17-2-5-20(25)6-3-17/h2-7,13-16,21H,8-12H2,1H3. The molecule has 5 rings (SSSR count). The zero-order valence-corrected chi connectivity index (χ0v) is 19.0. The molecule has 1 aliphatic heterocycles. The van der Waals surface area contributed by atoms with Crippen LogP contribution >= 0.6 is 11.6 Å². The Morgan fingerprint density at radius 3 is 2.45 bits per heavy atom. The maximum atomic E-state index is 14.6. The van der Waals surface area contributed by atoms with E-state index in [0.29, 0.717) is 36.8 Å². The van der Waals surface area contributed by atoms with Crippen molar-refractivity contribution in [2.75, 3.05) is 31.1 Å². The van der Waals surface area contributed by atoms with E-state index < -0.39 is 6.17 Å². The van der Waals surface area contributed by atoms with Crippen molar-refractivity contribution in [1.29, 1.82) is 0 Å². The summed E-state index contributed by atoms with van der Waals surface area (Å²) >= 11 is 5.86. The zero-order chi connectivity index (χ0) is 22.9. The number of aryl methyl sites for hydroxylation is 1. The molecule has 1 amide bonds. The van der Waals surface area contributed by atoms with Crippen molar-refractivity contribution >= 4 is 28.7 Å². The number of benzene rings is 1. The van der Waals surface area contributed by atoms with Crippen LogP contribution in [0.1, 0.15) is 18.2 Å². The summed E-state index contributed by atoms with van der Waals surface area (Å²) in [7, 11) is 1.89. The van der Waals surface area contributed by atoms with E-state index in [2.05, 4.69) is 27.2 Å². The Balaban J connectivity index is 1.22. The molecular formula is C24H24ClFN6O. The molecule has 0 N–H and O–H groups in total. The average Bonchev–Trinajstić information content (AvgIpc) is 3.45. The summed E-state index contributed by atoms with van der Waals surface area (Å²) in [6.45, 7) is 2.46. The molecule has 0 radical (unpaired) electrons. The molecule has 0 bridgehead atoms. The predicted molar refractivity (Wildman–Crippen MR) is 126 cm³/mol. The van der Waals surface area contributed by atoms with Gasteiger partial charge in [-0.3, -0.25) is 9.48 Å². The van der Waals surface area contributed by atoms with Crippen LogP contribution in [0.5, 0.6) is 0 Å². The monoisotopic (exact) mass is 466 g/mol. The first-order chi connectivity index (χ1) is 16.0. The van der Waals surface area contributed by atoms with Crippen molar-refractivity contribution in [3.05, 3.63) is 71.8 Å². The highest BCUT2D eigenvalue weighted by Gasteiger charge is 2.25. The second kappa shape index (κ2) is 8.86. The molecule has 1 saturated heterocycles. The fourth-order valence-electron chi connectivity index (χ4n) is 4.22. The number of carbonyl (C=O) groups is 1. The maximum absolute atomic E-state index is 14.6. The van der Waals surface area contributed by atoms with Gasteiger partial charge in [0.2, 0.25) is 5.91 Å². The van der Waals surface area contributed by atoms with E-state index in [1.54, 1.807) is 33.8 Å². The average molecular weight is 467 g/mol. The number of fused-ring (bicyclic) bond motifs is 1. The molecule has 33 heavy (non-hydrogen) atoms. The van der Waals surface area contributed by atoms with Crippen LogP contribution in [0.25, 0.3) is 16.6 Å². The number of rotatable bonds is 5. The Hall–Kier alpha value is -3.39. The summed E-state index contributed by atoms with van der Waals surface area (Å²) in [5.41, 5.74) is 4.59. The SMILES string of the molecule is Cn1cc(-c2ccc3c(N4CCN(C(=O)CC(F)c5ccc(Cl)cc5)CC4)cnn3c2)cn1. The van der Waals surface area contributed by atoms with Gasteiger partial charge in [-0.25, -0.2) is 8.91 Å². The molecule has 4 aromatic rings. The topological polar surface area (TPSA) is 58.7 Å². The first-order valence-electron chi connectivity index (χ1n) is 10.9. The van der Waals surface area contributed by atoms with Gasteiger partial charge in [0, 0.05) is 61.8 Å². The van der Waals surface area contributed by atoms with Crippen molar-refractivity contribution < 1.29 is 9.18 Å². The highest BCUT2D eigenvalue weighted by atomic mass is 35.5. The van der Waals surface area contributed by atoms with Crippen molar-refractivity contribution in [1.82, 2.24) is 24.3 Å². The Kier molecular flexibility index (Phi) is 5.76. The van der Waals surface area contributed by atoms with Crippen LogP contribution in [0.3, 0.4) is 0 Å². The second-order valence-corrected chi connectivity index (χ2v) is 8.71. The van der Waals surface area contributed by atoms with Crippen LogP contribution in [-0.2, 0) is 11.8 Å². The highest BCUT2D eigenvalue weighted by Crippen LogP contribution is 2.27. The molecule has 1 atom stereocenters. The summed E-state index contributed by atoms with van der Waals surface area (Å²) in [6, 6.07) is 10.7. The van der Waals surface area contributed by atoms with Crippen LogP contribution < -0.4 is 4.90 Å². The molecule has 0 aliphatic carbocycles. The van der Waals surface area contributed by atoms with Gasteiger partial charge >= 0.3 is 0 Å². The minimum Gasteiger partial charge on any atom is -0.365 e. The van der Waals surface area contributed by atoms with Crippen LogP contribution in [0, 0.1) is 0 Å². The molecule has 1 aromatic carbocycles. The third kappa shape index (κ3) is 4.43. The lowest BCUT2D eigenvalue weighted by atomic mass is 10.1. The molecule has 1 aliphatic rings. The number of carbonyl (C=O) groups excluding carboxylic acids is 1. The number of aromatic nitrogens is 4. The lowest BCUT2D eigenvalue weighted by Crippen LogP contribution is -2.49. The van der Waals surface area contributed by atoms with Gasteiger partial charge in [-0.05, 0) is 23.8 Å². The van der Waals surface area contributed by atoms with E-state index in [-0.39, 0.29) is 12.3 Å². The predicted octanol–water partition coefficient (Wildman–Crippen LogP) is 4.14. The van der Waals surface area contributed by atoms with Crippen LogP contribution in [-0.4, -0.2) is 56.4 Å². The van der Waals surface area contributed by atoms with Gasteiger partial charge in [0.1, 0.15) is 6.17 Å². The van der Waals surface area contributed by atoms with Crippen LogP contribution in [0.2, 0.25) is 5.02 Å². The van der Waals surface area contributed by atoms with Crippen molar-refractivity contribution in [2.45, 2.75) is 12.6 Å². The van der Waals surface area contributed by atoms with E-state index in [4.69, 9.17) is 11.6 Å². The normalized spacial score (nSPS) is 15.2. The maximum Gasteiger partial charge on any atom is 0.225 e. The number of alkyl halides is 1. The quantitative estimate of drug-likeness (QED) is 0.443. The van der Waals surface area contributed by atoms with Crippen molar-refractivity contribution in [2.24, 2.45) is 7.05 Å². The number of hydrogen-bond donors (Lipinski definition) is 0. The lowest BCUT2D eigenvalue weighted by molar-refractivity contribution is -0.132. The molecule has 1 fully saturated rings. The fraction of sp³-hybridized carbons (Fsp3) is 0.292. The van der Waals surface area contributed by atoms with Gasteiger partial charge in [0.05, 0.1) is 30.0 Å². The molecule has 170 valence electrons. The molecule has 4 heterocycles. The van der Waals surface area contributed by atoms with E-state index in [1.165, 1.54) is 0 Å².